The van der Waals surface area contributed by atoms with E-state index in [2.05, 4.69) is 69.5 Å². The molecule has 26 heavy (non-hydrogen) atoms. The van der Waals surface area contributed by atoms with Crippen LogP contribution in [0.4, 0.5) is 0 Å². The summed E-state index contributed by atoms with van der Waals surface area (Å²) in [5.41, 5.74) is 1.42. The Morgan fingerprint density at radius 1 is 1.35 bits per heavy atom. The van der Waals surface area contributed by atoms with Crippen molar-refractivity contribution in [2.24, 2.45) is 4.99 Å². The van der Waals surface area contributed by atoms with Crippen molar-refractivity contribution in [3.05, 3.63) is 47.6 Å². The average molecular weight is 355 g/mol. The third-order valence-electron chi connectivity index (χ3n) is 4.82. The van der Waals surface area contributed by atoms with E-state index in [0.717, 1.165) is 50.2 Å². The van der Waals surface area contributed by atoms with Gasteiger partial charge in [-0.1, -0.05) is 49.3 Å². The number of likely N-dealkylation sites (tertiary alicyclic amines) is 1. The fourth-order valence-corrected chi connectivity index (χ4v) is 3.33. The Balaban J connectivity index is 1.43. The number of rotatable bonds is 6. The van der Waals surface area contributed by atoms with Crippen LogP contribution in [0.15, 0.2) is 39.8 Å². The molecule has 1 atom stereocenters. The van der Waals surface area contributed by atoms with Crippen LogP contribution >= 0.6 is 0 Å². The van der Waals surface area contributed by atoms with Crippen LogP contribution in [0.1, 0.15) is 55.8 Å². The minimum Gasteiger partial charge on any atom is -0.356 e. The highest BCUT2D eigenvalue weighted by Gasteiger charge is 2.25. The maximum absolute atomic E-state index is 5.29. The van der Waals surface area contributed by atoms with E-state index in [1.165, 1.54) is 12.0 Å². The van der Waals surface area contributed by atoms with E-state index in [0.29, 0.717) is 11.8 Å². The molecule has 6 heteroatoms. The average Bonchev–Trinajstić information content (AvgIpc) is 3.32. The molecule has 1 saturated heterocycles. The summed E-state index contributed by atoms with van der Waals surface area (Å²) < 4.78 is 5.29. The molecule has 1 fully saturated rings. The van der Waals surface area contributed by atoms with E-state index in [1.807, 2.05) is 7.05 Å². The zero-order valence-corrected chi connectivity index (χ0v) is 16.0. The van der Waals surface area contributed by atoms with Crippen molar-refractivity contribution in [2.75, 3.05) is 26.7 Å². The summed E-state index contributed by atoms with van der Waals surface area (Å²) in [5.74, 6) is 3.38. The van der Waals surface area contributed by atoms with Gasteiger partial charge in [-0.3, -0.25) is 4.99 Å². The molecule has 1 unspecified atom stereocenters. The SMILES string of the molecule is CN=C(NCCCc1nc(C(C)C)no1)N1CCC(c2ccccc2)C1. The fraction of sp³-hybridized carbons (Fsp3) is 0.550. The molecule has 3 rings (SSSR count). The summed E-state index contributed by atoms with van der Waals surface area (Å²) in [6, 6.07) is 10.8. The Morgan fingerprint density at radius 2 is 2.15 bits per heavy atom. The van der Waals surface area contributed by atoms with Crippen molar-refractivity contribution in [1.82, 2.24) is 20.4 Å². The van der Waals surface area contributed by atoms with Gasteiger partial charge in [0.2, 0.25) is 5.89 Å². The standard InChI is InChI=1S/C20H29N5O/c1-15(2)19-23-18(26-24-19)10-7-12-22-20(21-3)25-13-11-17(14-25)16-8-5-4-6-9-16/h4-6,8-9,15,17H,7,10-14H2,1-3H3,(H,21,22). The van der Waals surface area contributed by atoms with Crippen molar-refractivity contribution >= 4 is 5.96 Å². The van der Waals surface area contributed by atoms with E-state index < -0.39 is 0 Å². The minimum atomic E-state index is 0.303. The Morgan fingerprint density at radius 3 is 2.85 bits per heavy atom. The maximum atomic E-state index is 5.29. The molecule has 0 spiro atoms. The maximum Gasteiger partial charge on any atom is 0.226 e. The highest BCUT2D eigenvalue weighted by atomic mass is 16.5. The summed E-state index contributed by atoms with van der Waals surface area (Å²) in [6.07, 6.45) is 2.90. The fourth-order valence-electron chi connectivity index (χ4n) is 3.33. The molecule has 0 bridgehead atoms. The number of aliphatic imine (C=N–C) groups is 1. The quantitative estimate of drug-likeness (QED) is 0.490. The molecule has 1 N–H and O–H groups in total. The topological polar surface area (TPSA) is 66.5 Å². The molecule has 2 aromatic rings. The molecule has 1 aromatic carbocycles. The normalized spacial score (nSPS) is 17.9. The molecule has 0 radical (unpaired) electrons. The van der Waals surface area contributed by atoms with Gasteiger partial charge in [-0.05, 0) is 18.4 Å². The first-order valence-electron chi connectivity index (χ1n) is 9.50. The number of hydrogen-bond donors (Lipinski definition) is 1. The number of nitrogens with zero attached hydrogens (tertiary/aromatic N) is 4. The number of aryl methyl sites for hydroxylation is 1. The lowest BCUT2D eigenvalue weighted by Crippen LogP contribution is -2.40. The van der Waals surface area contributed by atoms with Crippen LogP contribution < -0.4 is 5.32 Å². The van der Waals surface area contributed by atoms with Crippen molar-refractivity contribution in [3.63, 3.8) is 0 Å². The van der Waals surface area contributed by atoms with Crippen molar-refractivity contribution < 1.29 is 4.52 Å². The molecule has 1 aliphatic heterocycles. The van der Waals surface area contributed by atoms with Gasteiger partial charge in [-0.15, -0.1) is 0 Å². The van der Waals surface area contributed by atoms with Crippen molar-refractivity contribution in [3.8, 4) is 0 Å². The van der Waals surface area contributed by atoms with Gasteiger partial charge in [0.15, 0.2) is 11.8 Å². The molecule has 1 aromatic heterocycles. The van der Waals surface area contributed by atoms with Crippen LogP contribution in [-0.4, -0.2) is 47.7 Å². The van der Waals surface area contributed by atoms with Gasteiger partial charge in [0, 0.05) is 44.9 Å². The van der Waals surface area contributed by atoms with E-state index >= 15 is 0 Å². The van der Waals surface area contributed by atoms with Crippen LogP contribution in [0, 0.1) is 0 Å². The molecule has 2 heterocycles. The largest absolute Gasteiger partial charge is 0.356 e. The lowest BCUT2D eigenvalue weighted by molar-refractivity contribution is 0.368. The second-order valence-corrected chi connectivity index (χ2v) is 7.12. The van der Waals surface area contributed by atoms with Gasteiger partial charge < -0.3 is 14.7 Å². The number of aromatic nitrogens is 2. The van der Waals surface area contributed by atoms with E-state index in [4.69, 9.17) is 4.52 Å². The summed E-state index contributed by atoms with van der Waals surface area (Å²) in [6.45, 7) is 7.04. The molecule has 6 nitrogen and oxygen atoms in total. The third-order valence-corrected chi connectivity index (χ3v) is 4.82. The van der Waals surface area contributed by atoms with Crippen molar-refractivity contribution in [2.45, 2.75) is 44.9 Å². The molecule has 0 saturated carbocycles. The third kappa shape index (κ3) is 4.62. The van der Waals surface area contributed by atoms with E-state index in [9.17, 15) is 0 Å². The summed E-state index contributed by atoms with van der Waals surface area (Å²) in [4.78, 5) is 11.2. The van der Waals surface area contributed by atoms with Gasteiger partial charge >= 0.3 is 0 Å². The number of guanidine groups is 1. The lowest BCUT2D eigenvalue weighted by Gasteiger charge is -2.21. The monoisotopic (exact) mass is 355 g/mol. The zero-order chi connectivity index (χ0) is 18.4. The highest BCUT2D eigenvalue weighted by molar-refractivity contribution is 5.80. The first-order valence-corrected chi connectivity index (χ1v) is 9.50. The molecular formula is C20H29N5O. The van der Waals surface area contributed by atoms with Crippen LogP contribution in [-0.2, 0) is 6.42 Å². The molecular weight excluding hydrogens is 326 g/mol. The number of nitrogens with one attached hydrogen (secondary N) is 1. The van der Waals surface area contributed by atoms with Crippen LogP contribution in [0.25, 0.3) is 0 Å². The predicted molar refractivity (Wildman–Crippen MR) is 103 cm³/mol. The van der Waals surface area contributed by atoms with E-state index in [-0.39, 0.29) is 0 Å². The van der Waals surface area contributed by atoms with Crippen LogP contribution in [0.5, 0.6) is 0 Å². The Bertz CT molecular complexity index is 710. The Kier molecular flexibility index (Phi) is 6.26. The summed E-state index contributed by atoms with van der Waals surface area (Å²) in [7, 11) is 1.85. The van der Waals surface area contributed by atoms with Gasteiger partial charge in [-0.2, -0.15) is 4.98 Å². The summed E-state index contributed by atoms with van der Waals surface area (Å²) in [5, 5.41) is 7.48. The highest BCUT2D eigenvalue weighted by Crippen LogP contribution is 2.26. The lowest BCUT2D eigenvalue weighted by atomic mass is 9.99. The number of hydrogen-bond acceptors (Lipinski definition) is 4. The first-order chi connectivity index (χ1) is 12.7. The van der Waals surface area contributed by atoms with Gasteiger partial charge in [0.1, 0.15) is 0 Å². The Hall–Kier alpha value is -2.37. The zero-order valence-electron chi connectivity index (χ0n) is 16.0. The second-order valence-electron chi connectivity index (χ2n) is 7.12. The Labute approximate surface area is 155 Å². The first kappa shape index (κ1) is 18.4. The second kappa shape index (κ2) is 8.83. The van der Waals surface area contributed by atoms with Gasteiger partial charge in [0.05, 0.1) is 0 Å². The van der Waals surface area contributed by atoms with Crippen LogP contribution in [0.3, 0.4) is 0 Å². The molecule has 0 aliphatic carbocycles. The molecule has 0 amide bonds. The number of benzene rings is 1. The summed E-state index contributed by atoms with van der Waals surface area (Å²) >= 11 is 0. The minimum absolute atomic E-state index is 0.303. The van der Waals surface area contributed by atoms with Gasteiger partial charge in [0.25, 0.3) is 0 Å². The van der Waals surface area contributed by atoms with Crippen molar-refractivity contribution in [1.29, 1.82) is 0 Å². The van der Waals surface area contributed by atoms with Gasteiger partial charge in [-0.25, -0.2) is 0 Å². The van der Waals surface area contributed by atoms with E-state index in [1.54, 1.807) is 0 Å². The smallest absolute Gasteiger partial charge is 0.226 e. The predicted octanol–water partition coefficient (Wildman–Crippen LogP) is 3.19. The van der Waals surface area contributed by atoms with Crippen LogP contribution in [0.2, 0.25) is 0 Å². The molecule has 1 aliphatic rings. The molecule has 140 valence electrons.